The Morgan fingerprint density at radius 1 is 1.00 bits per heavy atom. The van der Waals surface area contributed by atoms with Crippen LogP contribution in [0.3, 0.4) is 0 Å². The predicted octanol–water partition coefficient (Wildman–Crippen LogP) is 0.345. The van der Waals surface area contributed by atoms with Crippen LogP contribution < -0.4 is 5.73 Å². The maximum absolute atomic E-state index is 11.2. The summed E-state index contributed by atoms with van der Waals surface area (Å²) in [5, 5.41) is 8.76. The van der Waals surface area contributed by atoms with E-state index in [-0.39, 0.29) is 17.9 Å². The average Bonchev–Trinajstić information content (AvgIpc) is 3.11. The van der Waals surface area contributed by atoms with E-state index < -0.39 is 17.9 Å². The van der Waals surface area contributed by atoms with Crippen molar-refractivity contribution in [3.8, 4) is 0 Å². The number of likely N-dealkylation sites (tertiary alicyclic amines) is 2. The first-order valence-corrected chi connectivity index (χ1v) is 8.44. The molecule has 136 valence electrons. The van der Waals surface area contributed by atoms with Crippen LogP contribution in [0, 0.1) is 0 Å². The SMILES string of the molecule is CCC(C(=O)O)N1CCCC1=O.CCC(C(N)=O)N1CCCC1=O. The van der Waals surface area contributed by atoms with E-state index in [4.69, 9.17) is 10.8 Å². The van der Waals surface area contributed by atoms with Gasteiger partial charge in [0.05, 0.1) is 0 Å². The highest BCUT2D eigenvalue weighted by Gasteiger charge is 2.31. The third kappa shape index (κ3) is 4.94. The first-order chi connectivity index (χ1) is 11.3. The minimum absolute atomic E-state index is 0.0238. The second-order valence-corrected chi connectivity index (χ2v) is 5.97. The minimum Gasteiger partial charge on any atom is -0.480 e. The maximum Gasteiger partial charge on any atom is 0.326 e. The molecule has 0 bridgehead atoms. The molecule has 0 aromatic heterocycles. The molecule has 2 saturated heterocycles. The van der Waals surface area contributed by atoms with Crippen molar-refractivity contribution >= 4 is 23.7 Å². The Morgan fingerprint density at radius 2 is 1.42 bits per heavy atom. The first kappa shape index (κ1) is 19.9. The Kier molecular flexibility index (Phi) is 7.67. The predicted molar refractivity (Wildman–Crippen MR) is 86.9 cm³/mol. The van der Waals surface area contributed by atoms with Crippen molar-refractivity contribution in [2.24, 2.45) is 5.73 Å². The molecule has 0 saturated carbocycles. The van der Waals surface area contributed by atoms with Crippen LogP contribution in [-0.4, -0.2) is 63.8 Å². The number of primary amides is 1. The summed E-state index contributed by atoms with van der Waals surface area (Å²) in [6.45, 7) is 4.93. The van der Waals surface area contributed by atoms with Gasteiger partial charge in [0.15, 0.2) is 0 Å². The van der Waals surface area contributed by atoms with Crippen LogP contribution in [0.5, 0.6) is 0 Å². The van der Waals surface area contributed by atoms with Crippen molar-refractivity contribution in [1.82, 2.24) is 9.80 Å². The van der Waals surface area contributed by atoms with Crippen LogP contribution in [-0.2, 0) is 19.2 Å². The normalized spacial score (nSPS) is 19.8. The molecule has 2 atom stereocenters. The van der Waals surface area contributed by atoms with E-state index in [9.17, 15) is 19.2 Å². The van der Waals surface area contributed by atoms with Crippen molar-refractivity contribution in [2.45, 2.75) is 64.5 Å². The van der Waals surface area contributed by atoms with Gasteiger partial charge in [-0.3, -0.25) is 14.4 Å². The summed E-state index contributed by atoms with van der Waals surface area (Å²) >= 11 is 0. The van der Waals surface area contributed by atoms with Gasteiger partial charge in [0.1, 0.15) is 12.1 Å². The minimum atomic E-state index is -0.896. The van der Waals surface area contributed by atoms with Crippen molar-refractivity contribution in [2.75, 3.05) is 13.1 Å². The number of rotatable bonds is 6. The number of aliphatic carboxylic acids is 1. The van der Waals surface area contributed by atoms with Gasteiger partial charge in [-0.25, -0.2) is 4.79 Å². The van der Waals surface area contributed by atoms with Gasteiger partial charge in [0.25, 0.3) is 0 Å². The lowest BCUT2D eigenvalue weighted by atomic mass is 10.2. The highest BCUT2D eigenvalue weighted by Crippen LogP contribution is 2.16. The number of carboxylic acid groups (broad SMARTS) is 1. The third-order valence-electron chi connectivity index (χ3n) is 4.36. The lowest BCUT2D eigenvalue weighted by Crippen LogP contribution is -2.44. The van der Waals surface area contributed by atoms with E-state index in [2.05, 4.69) is 0 Å². The quantitative estimate of drug-likeness (QED) is 0.722. The number of carbonyl (C=O) groups excluding carboxylic acids is 3. The lowest BCUT2D eigenvalue weighted by molar-refractivity contribution is -0.148. The van der Waals surface area contributed by atoms with Crippen molar-refractivity contribution in [3.63, 3.8) is 0 Å². The molecule has 8 heteroatoms. The zero-order valence-corrected chi connectivity index (χ0v) is 14.4. The molecule has 3 N–H and O–H groups in total. The van der Waals surface area contributed by atoms with Crippen LogP contribution >= 0.6 is 0 Å². The summed E-state index contributed by atoms with van der Waals surface area (Å²) in [5.41, 5.74) is 5.16. The van der Waals surface area contributed by atoms with E-state index in [1.807, 2.05) is 6.92 Å². The van der Waals surface area contributed by atoms with Gasteiger partial charge in [-0.2, -0.15) is 0 Å². The first-order valence-electron chi connectivity index (χ1n) is 8.44. The zero-order valence-electron chi connectivity index (χ0n) is 14.4. The van der Waals surface area contributed by atoms with Crippen LogP contribution in [0.25, 0.3) is 0 Å². The number of nitrogens with two attached hydrogens (primary N) is 1. The van der Waals surface area contributed by atoms with E-state index in [0.29, 0.717) is 38.8 Å². The highest BCUT2D eigenvalue weighted by molar-refractivity contribution is 5.87. The molecule has 0 aromatic rings. The fourth-order valence-electron chi connectivity index (χ4n) is 3.10. The smallest absolute Gasteiger partial charge is 0.326 e. The molecular weight excluding hydrogens is 314 g/mol. The number of carbonyl (C=O) groups is 4. The second-order valence-electron chi connectivity index (χ2n) is 5.97. The summed E-state index contributed by atoms with van der Waals surface area (Å²) in [4.78, 5) is 46.9. The van der Waals surface area contributed by atoms with Gasteiger partial charge in [0, 0.05) is 25.9 Å². The summed E-state index contributed by atoms with van der Waals surface area (Å²) in [7, 11) is 0. The Hall–Kier alpha value is -2.12. The molecule has 2 unspecified atom stereocenters. The Labute approximate surface area is 142 Å². The molecular formula is C16H27N3O5. The zero-order chi connectivity index (χ0) is 18.3. The van der Waals surface area contributed by atoms with Gasteiger partial charge < -0.3 is 20.6 Å². The highest BCUT2D eigenvalue weighted by atomic mass is 16.4. The van der Waals surface area contributed by atoms with Crippen LogP contribution in [0.15, 0.2) is 0 Å². The summed E-state index contributed by atoms with van der Waals surface area (Å²) in [5.74, 6) is -1.26. The largest absolute Gasteiger partial charge is 0.480 e. The van der Waals surface area contributed by atoms with E-state index in [0.717, 1.165) is 12.8 Å². The van der Waals surface area contributed by atoms with Crippen LogP contribution in [0.4, 0.5) is 0 Å². The van der Waals surface area contributed by atoms with Crippen molar-refractivity contribution < 1.29 is 24.3 Å². The Morgan fingerprint density at radius 3 is 1.67 bits per heavy atom. The van der Waals surface area contributed by atoms with Gasteiger partial charge in [0.2, 0.25) is 17.7 Å². The molecule has 8 nitrogen and oxygen atoms in total. The average molecular weight is 341 g/mol. The monoisotopic (exact) mass is 341 g/mol. The molecule has 3 amide bonds. The molecule has 24 heavy (non-hydrogen) atoms. The molecule has 2 rings (SSSR count). The van der Waals surface area contributed by atoms with E-state index in [1.54, 1.807) is 11.8 Å². The third-order valence-corrected chi connectivity index (χ3v) is 4.36. The second kappa shape index (κ2) is 9.24. The van der Waals surface area contributed by atoms with E-state index >= 15 is 0 Å². The Balaban J connectivity index is 0.000000240. The molecule has 0 radical (unpaired) electrons. The molecule has 2 heterocycles. The number of hydrogen-bond donors (Lipinski definition) is 2. The fourth-order valence-corrected chi connectivity index (χ4v) is 3.10. The summed E-state index contributed by atoms with van der Waals surface area (Å²) < 4.78 is 0. The van der Waals surface area contributed by atoms with Crippen molar-refractivity contribution in [3.05, 3.63) is 0 Å². The molecule has 0 spiro atoms. The molecule has 0 aliphatic carbocycles. The molecule has 2 aliphatic heterocycles. The standard InChI is InChI=1S/C8H14N2O2.C8H13NO3/c1-2-6(8(9)12)10-5-3-4-7(10)11;1-2-6(8(11)12)9-5-3-4-7(9)10/h6H,2-5H2,1H3,(H2,9,12);6H,2-5H2,1H3,(H,11,12). The number of nitrogens with zero attached hydrogens (tertiary/aromatic N) is 2. The Bertz CT molecular complexity index is 450. The number of amides is 3. The molecule has 2 aliphatic rings. The van der Waals surface area contributed by atoms with Crippen LogP contribution in [0.2, 0.25) is 0 Å². The van der Waals surface area contributed by atoms with Crippen molar-refractivity contribution in [1.29, 1.82) is 0 Å². The maximum atomic E-state index is 11.2. The summed E-state index contributed by atoms with van der Waals surface area (Å²) in [6, 6.07) is -1.00. The number of carboxylic acids is 1. The van der Waals surface area contributed by atoms with Crippen LogP contribution in [0.1, 0.15) is 52.4 Å². The lowest BCUT2D eigenvalue weighted by Gasteiger charge is -2.23. The van der Waals surface area contributed by atoms with Gasteiger partial charge in [-0.15, -0.1) is 0 Å². The van der Waals surface area contributed by atoms with E-state index in [1.165, 1.54) is 4.90 Å². The molecule has 0 aromatic carbocycles. The topological polar surface area (TPSA) is 121 Å². The molecule has 2 fully saturated rings. The fraction of sp³-hybridized carbons (Fsp3) is 0.750. The number of hydrogen-bond acceptors (Lipinski definition) is 4. The van der Waals surface area contributed by atoms with Gasteiger partial charge >= 0.3 is 5.97 Å². The summed E-state index contributed by atoms with van der Waals surface area (Å²) in [6.07, 6.45) is 3.81. The van der Waals surface area contributed by atoms with Gasteiger partial charge in [-0.05, 0) is 25.7 Å². The van der Waals surface area contributed by atoms with Gasteiger partial charge in [-0.1, -0.05) is 13.8 Å².